The van der Waals surface area contributed by atoms with Crippen LogP contribution in [0.5, 0.6) is 0 Å². The van der Waals surface area contributed by atoms with Gasteiger partial charge >= 0.3 is 12.0 Å². The molecule has 2 amide bonds. The lowest BCUT2D eigenvalue weighted by Crippen LogP contribution is -2.46. The summed E-state index contributed by atoms with van der Waals surface area (Å²) in [6, 6.07) is 4.76. The Morgan fingerprint density at radius 1 is 1.23 bits per heavy atom. The van der Waals surface area contributed by atoms with Crippen LogP contribution in [0, 0.1) is 5.82 Å². The maximum atomic E-state index is 12.8. The molecule has 0 saturated carbocycles. The molecular formula is C16H23FN2O3. The predicted molar refractivity (Wildman–Crippen MR) is 81.7 cm³/mol. The fourth-order valence-corrected chi connectivity index (χ4v) is 1.89. The van der Waals surface area contributed by atoms with Crippen LogP contribution in [0.1, 0.15) is 38.7 Å². The van der Waals surface area contributed by atoms with E-state index >= 15 is 0 Å². The lowest BCUT2D eigenvalue weighted by Gasteiger charge is -2.17. The first kappa shape index (κ1) is 17.9. The second-order valence-corrected chi connectivity index (χ2v) is 4.90. The molecule has 1 atom stereocenters. The minimum atomic E-state index is -0.645. The van der Waals surface area contributed by atoms with E-state index in [0.29, 0.717) is 6.42 Å². The molecule has 1 aromatic carbocycles. The van der Waals surface area contributed by atoms with Gasteiger partial charge in [-0.05, 0) is 31.0 Å². The summed E-state index contributed by atoms with van der Waals surface area (Å²) < 4.78 is 17.7. The van der Waals surface area contributed by atoms with Gasteiger partial charge in [-0.1, -0.05) is 31.9 Å². The molecule has 0 aliphatic carbocycles. The predicted octanol–water partition coefficient (Wildman–Crippen LogP) is 2.75. The highest BCUT2D eigenvalue weighted by Gasteiger charge is 2.21. The molecule has 0 aliphatic rings. The Balaban J connectivity index is 2.47. The van der Waals surface area contributed by atoms with Crippen LogP contribution < -0.4 is 10.6 Å². The molecule has 1 aromatic rings. The van der Waals surface area contributed by atoms with Crippen LogP contribution in [0.25, 0.3) is 0 Å². The van der Waals surface area contributed by atoms with Crippen molar-refractivity contribution < 1.29 is 18.7 Å². The Labute approximate surface area is 130 Å². The summed E-state index contributed by atoms with van der Waals surface area (Å²) in [6.07, 6.45) is 2.29. The third-order valence-corrected chi connectivity index (χ3v) is 3.09. The highest BCUT2D eigenvalue weighted by Crippen LogP contribution is 2.04. The van der Waals surface area contributed by atoms with Crippen LogP contribution >= 0.6 is 0 Å². The van der Waals surface area contributed by atoms with Crippen molar-refractivity contribution in [1.82, 2.24) is 10.6 Å². The number of rotatable bonds is 8. The Morgan fingerprint density at radius 3 is 2.50 bits per heavy atom. The van der Waals surface area contributed by atoms with E-state index in [2.05, 4.69) is 10.6 Å². The topological polar surface area (TPSA) is 67.4 Å². The zero-order chi connectivity index (χ0) is 16.4. The number of carbonyl (C=O) groups excluding carboxylic acids is 2. The highest BCUT2D eigenvalue weighted by atomic mass is 19.1. The Bertz CT molecular complexity index is 477. The van der Waals surface area contributed by atoms with Crippen LogP contribution in [-0.4, -0.2) is 24.6 Å². The van der Waals surface area contributed by atoms with Gasteiger partial charge in [0.1, 0.15) is 11.9 Å². The van der Waals surface area contributed by atoms with E-state index < -0.39 is 18.0 Å². The standard InChI is InChI=1S/C16H23FN2O3/c1-3-5-6-14(15(20)22-4-2)19-16(21)18-11-12-7-9-13(17)10-8-12/h7-10,14H,3-6,11H2,1-2H3,(H2,18,19,21). The summed E-state index contributed by atoms with van der Waals surface area (Å²) in [4.78, 5) is 23.7. The third kappa shape index (κ3) is 6.56. The number of unbranched alkanes of at least 4 members (excludes halogenated alkanes) is 1. The molecule has 1 rings (SSSR count). The minimum Gasteiger partial charge on any atom is -0.464 e. The average Bonchev–Trinajstić information content (AvgIpc) is 2.51. The second kappa shape index (κ2) is 9.76. The Kier molecular flexibility index (Phi) is 7.96. The molecule has 0 bridgehead atoms. The molecule has 122 valence electrons. The Hall–Kier alpha value is -2.11. The van der Waals surface area contributed by atoms with Gasteiger partial charge in [0.05, 0.1) is 6.61 Å². The molecule has 0 aromatic heterocycles. The number of ether oxygens (including phenoxy) is 1. The number of amides is 2. The molecule has 0 radical (unpaired) electrons. The van der Waals surface area contributed by atoms with E-state index in [1.807, 2.05) is 6.92 Å². The van der Waals surface area contributed by atoms with Crippen molar-refractivity contribution in [1.29, 1.82) is 0 Å². The van der Waals surface area contributed by atoms with Gasteiger partial charge in [-0.15, -0.1) is 0 Å². The van der Waals surface area contributed by atoms with Crippen molar-refractivity contribution in [2.75, 3.05) is 6.61 Å². The smallest absolute Gasteiger partial charge is 0.328 e. The molecule has 5 nitrogen and oxygen atoms in total. The SMILES string of the molecule is CCCCC(NC(=O)NCc1ccc(F)cc1)C(=O)OCC. The fraction of sp³-hybridized carbons (Fsp3) is 0.500. The molecular weight excluding hydrogens is 287 g/mol. The van der Waals surface area contributed by atoms with E-state index in [-0.39, 0.29) is 19.0 Å². The number of hydrogen-bond acceptors (Lipinski definition) is 3. The summed E-state index contributed by atoms with van der Waals surface area (Å²) in [7, 11) is 0. The van der Waals surface area contributed by atoms with Gasteiger partial charge in [0.2, 0.25) is 0 Å². The first-order valence-corrected chi connectivity index (χ1v) is 7.52. The maximum Gasteiger partial charge on any atom is 0.328 e. The van der Waals surface area contributed by atoms with E-state index in [9.17, 15) is 14.0 Å². The summed E-state index contributed by atoms with van der Waals surface area (Å²) in [6.45, 7) is 4.27. The normalized spacial score (nSPS) is 11.6. The summed E-state index contributed by atoms with van der Waals surface area (Å²) in [5, 5.41) is 5.26. The first-order chi connectivity index (χ1) is 10.6. The maximum absolute atomic E-state index is 12.8. The number of benzene rings is 1. The summed E-state index contributed by atoms with van der Waals surface area (Å²) in [5.74, 6) is -0.747. The number of halogens is 1. The molecule has 0 aliphatic heterocycles. The minimum absolute atomic E-state index is 0.259. The van der Waals surface area contributed by atoms with Gasteiger partial charge in [-0.25, -0.2) is 14.0 Å². The lowest BCUT2D eigenvalue weighted by molar-refractivity contribution is -0.145. The number of esters is 1. The molecule has 0 saturated heterocycles. The van der Waals surface area contributed by atoms with Crippen molar-refractivity contribution >= 4 is 12.0 Å². The number of hydrogen-bond donors (Lipinski definition) is 2. The number of nitrogens with one attached hydrogen (secondary N) is 2. The van der Waals surface area contributed by atoms with Crippen LogP contribution in [0.15, 0.2) is 24.3 Å². The lowest BCUT2D eigenvalue weighted by atomic mass is 10.1. The molecule has 0 fully saturated rings. The van der Waals surface area contributed by atoms with Gasteiger partial charge in [0.25, 0.3) is 0 Å². The molecule has 0 spiro atoms. The van der Waals surface area contributed by atoms with Gasteiger partial charge < -0.3 is 15.4 Å². The van der Waals surface area contributed by atoms with Gasteiger partial charge in [-0.2, -0.15) is 0 Å². The van der Waals surface area contributed by atoms with Gasteiger partial charge in [0, 0.05) is 6.54 Å². The zero-order valence-corrected chi connectivity index (χ0v) is 13.0. The molecule has 0 heterocycles. The molecule has 6 heteroatoms. The monoisotopic (exact) mass is 310 g/mol. The third-order valence-electron chi connectivity index (χ3n) is 3.09. The van der Waals surface area contributed by atoms with Gasteiger partial charge in [-0.3, -0.25) is 0 Å². The van der Waals surface area contributed by atoms with Crippen molar-refractivity contribution in [2.24, 2.45) is 0 Å². The zero-order valence-electron chi connectivity index (χ0n) is 13.0. The molecule has 1 unspecified atom stereocenters. The van der Waals surface area contributed by atoms with E-state index in [1.54, 1.807) is 19.1 Å². The number of carbonyl (C=O) groups is 2. The summed E-state index contributed by atoms with van der Waals surface area (Å²) >= 11 is 0. The van der Waals surface area contributed by atoms with Crippen LogP contribution in [-0.2, 0) is 16.1 Å². The Morgan fingerprint density at radius 2 is 1.91 bits per heavy atom. The van der Waals surface area contributed by atoms with Crippen molar-refractivity contribution in [3.63, 3.8) is 0 Å². The van der Waals surface area contributed by atoms with Crippen LogP contribution in [0.2, 0.25) is 0 Å². The van der Waals surface area contributed by atoms with E-state index in [0.717, 1.165) is 18.4 Å². The van der Waals surface area contributed by atoms with Gasteiger partial charge in [0.15, 0.2) is 0 Å². The average molecular weight is 310 g/mol. The molecule has 22 heavy (non-hydrogen) atoms. The number of urea groups is 1. The quantitative estimate of drug-likeness (QED) is 0.726. The fourth-order valence-electron chi connectivity index (χ4n) is 1.89. The van der Waals surface area contributed by atoms with E-state index in [1.165, 1.54) is 12.1 Å². The second-order valence-electron chi connectivity index (χ2n) is 4.90. The molecule has 2 N–H and O–H groups in total. The van der Waals surface area contributed by atoms with Crippen molar-refractivity contribution in [2.45, 2.75) is 45.7 Å². The highest BCUT2D eigenvalue weighted by molar-refractivity contribution is 5.83. The largest absolute Gasteiger partial charge is 0.464 e. The van der Waals surface area contributed by atoms with E-state index in [4.69, 9.17) is 4.74 Å². The van der Waals surface area contributed by atoms with Crippen LogP contribution in [0.3, 0.4) is 0 Å². The summed E-state index contributed by atoms with van der Waals surface area (Å²) in [5.41, 5.74) is 0.776. The van der Waals surface area contributed by atoms with Crippen molar-refractivity contribution in [3.05, 3.63) is 35.6 Å². The first-order valence-electron chi connectivity index (χ1n) is 7.52. The van der Waals surface area contributed by atoms with Crippen molar-refractivity contribution in [3.8, 4) is 0 Å². The van der Waals surface area contributed by atoms with Crippen LogP contribution in [0.4, 0.5) is 9.18 Å².